The molecule has 1 heterocycles. The lowest BCUT2D eigenvalue weighted by Crippen LogP contribution is -2.47. The van der Waals surface area contributed by atoms with Crippen molar-refractivity contribution in [2.45, 2.75) is 39.5 Å². The highest BCUT2D eigenvalue weighted by molar-refractivity contribution is 6.04. The predicted octanol–water partition coefficient (Wildman–Crippen LogP) is 1.68. The summed E-state index contributed by atoms with van der Waals surface area (Å²) in [6, 6.07) is 0. The van der Waals surface area contributed by atoms with E-state index in [0.717, 1.165) is 17.3 Å². The van der Waals surface area contributed by atoms with Gasteiger partial charge < -0.3 is 4.81 Å². The molecular weight excluding hydrogens is 157 g/mol. The van der Waals surface area contributed by atoms with Gasteiger partial charge in [0, 0.05) is 0 Å². The van der Waals surface area contributed by atoms with Crippen molar-refractivity contribution in [3.63, 3.8) is 0 Å². The Kier molecular flexibility index (Phi) is 2.44. The maximum Gasteiger partial charge on any atom is 0.185 e. The first-order valence-electron chi connectivity index (χ1n) is 5.80. The summed E-state index contributed by atoms with van der Waals surface area (Å²) in [4.78, 5) is 2.48. The Morgan fingerprint density at radius 2 is 1.77 bits per heavy atom. The Morgan fingerprint density at radius 1 is 1.23 bits per heavy atom. The van der Waals surface area contributed by atoms with Gasteiger partial charge in [-0.15, -0.1) is 0 Å². The summed E-state index contributed by atoms with van der Waals surface area (Å²) in [5.74, 6) is 1.97. The van der Waals surface area contributed by atoms with Gasteiger partial charge in [0.1, 0.15) is 0 Å². The minimum Gasteiger partial charge on any atom is -0.349 e. The zero-order chi connectivity index (χ0) is 9.47. The average Bonchev–Trinajstić information content (AvgIpc) is 2.02. The first kappa shape index (κ1) is 9.58. The molecule has 1 spiro atoms. The summed E-state index contributed by atoms with van der Waals surface area (Å²) in [5, 5.41) is 0. The van der Waals surface area contributed by atoms with E-state index in [9.17, 15) is 0 Å². The van der Waals surface area contributed by atoms with Crippen LogP contribution in [0.5, 0.6) is 0 Å². The molecule has 0 atom stereocenters. The Labute approximate surface area is 83.3 Å². The summed E-state index contributed by atoms with van der Waals surface area (Å²) in [6.45, 7) is 7.44. The van der Waals surface area contributed by atoms with Crippen LogP contribution in [0.1, 0.15) is 39.5 Å². The first-order valence-corrected chi connectivity index (χ1v) is 5.80. The van der Waals surface area contributed by atoms with Crippen molar-refractivity contribution in [1.82, 2.24) is 4.81 Å². The van der Waals surface area contributed by atoms with E-state index in [1.165, 1.54) is 38.8 Å². The van der Waals surface area contributed by atoms with E-state index in [1.54, 1.807) is 0 Å². The summed E-state index contributed by atoms with van der Waals surface area (Å²) in [7, 11) is 2.26. The molecule has 74 valence electrons. The third kappa shape index (κ3) is 1.78. The number of hydrogen-bond acceptors (Lipinski definition) is 1. The highest BCUT2D eigenvalue weighted by Crippen LogP contribution is 2.54. The van der Waals surface area contributed by atoms with Gasteiger partial charge in [-0.05, 0) is 56.0 Å². The molecule has 1 aliphatic heterocycles. The standard InChI is InChI=1S/C11H22BN/c1-9(2)10-7-11(8-10)3-5-13(12)6-4-11/h9-10H,3-8,12H2,1-2H3. The summed E-state index contributed by atoms with van der Waals surface area (Å²) >= 11 is 0. The molecule has 2 aliphatic rings. The van der Waals surface area contributed by atoms with E-state index in [0.29, 0.717) is 0 Å². The average molecular weight is 179 g/mol. The molecule has 1 aliphatic carbocycles. The van der Waals surface area contributed by atoms with Crippen LogP contribution >= 0.6 is 0 Å². The van der Waals surface area contributed by atoms with Gasteiger partial charge in [-0.2, -0.15) is 0 Å². The molecule has 1 saturated carbocycles. The highest BCUT2D eigenvalue weighted by Gasteiger charge is 2.45. The lowest BCUT2D eigenvalue weighted by Gasteiger charge is -2.53. The van der Waals surface area contributed by atoms with E-state index in [4.69, 9.17) is 0 Å². The molecule has 1 nitrogen and oxygen atoms in total. The molecule has 0 unspecified atom stereocenters. The van der Waals surface area contributed by atoms with E-state index in [2.05, 4.69) is 26.6 Å². The normalized spacial score (nSPS) is 29.5. The lowest BCUT2D eigenvalue weighted by molar-refractivity contribution is -0.0159. The van der Waals surface area contributed by atoms with Crippen molar-refractivity contribution in [3.05, 3.63) is 0 Å². The fourth-order valence-electron chi connectivity index (χ4n) is 3.03. The third-order valence-electron chi connectivity index (χ3n) is 4.38. The molecule has 0 N–H and O–H groups in total. The van der Waals surface area contributed by atoms with Crippen LogP contribution in [-0.2, 0) is 0 Å². The SMILES string of the molecule is BN1CCC2(CC1)CC(C(C)C)C2. The number of piperidine rings is 1. The summed E-state index contributed by atoms with van der Waals surface area (Å²) in [5.41, 5.74) is 0.793. The second-order valence-corrected chi connectivity index (χ2v) is 5.72. The molecule has 2 heteroatoms. The molecular formula is C11H22BN. The second kappa shape index (κ2) is 3.31. The molecule has 2 fully saturated rings. The minimum atomic E-state index is 0.793. The maximum absolute atomic E-state index is 2.48. The number of rotatable bonds is 1. The molecule has 0 aromatic rings. The first-order chi connectivity index (χ1) is 6.11. The Bertz CT molecular complexity index is 175. The molecule has 0 amide bonds. The predicted molar refractivity (Wildman–Crippen MR) is 59.3 cm³/mol. The summed E-state index contributed by atoms with van der Waals surface area (Å²) in [6.07, 6.45) is 5.98. The smallest absolute Gasteiger partial charge is 0.185 e. The molecule has 0 bridgehead atoms. The summed E-state index contributed by atoms with van der Waals surface area (Å²) < 4.78 is 0. The second-order valence-electron chi connectivity index (χ2n) is 5.72. The van der Waals surface area contributed by atoms with E-state index in [1.807, 2.05) is 0 Å². The van der Waals surface area contributed by atoms with Crippen LogP contribution in [0, 0.1) is 17.3 Å². The monoisotopic (exact) mass is 179 g/mol. The van der Waals surface area contributed by atoms with Crippen molar-refractivity contribution in [3.8, 4) is 0 Å². The van der Waals surface area contributed by atoms with Gasteiger partial charge in [0.05, 0.1) is 0 Å². The van der Waals surface area contributed by atoms with Crippen molar-refractivity contribution >= 4 is 7.98 Å². The van der Waals surface area contributed by atoms with Crippen LogP contribution in [0.15, 0.2) is 0 Å². The maximum atomic E-state index is 2.48. The zero-order valence-corrected chi connectivity index (χ0v) is 9.34. The Balaban J connectivity index is 1.83. The van der Waals surface area contributed by atoms with Crippen LogP contribution in [0.2, 0.25) is 0 Å². The Hall–Kier alpha value is 0.0249. The van der Waals surface area contributed by atoms with Gasteiger partial charge in [-0.1, -0.05) is 13.8 Å². The quantitative estimate of drug-likeness (QED) is 0.553. The fourth-order valence-corrected chi connectivity index (χ4v) is 3.03. The van der Waals surface area contributed by atoms with Gasteiger partial charge in [0.25, 0.3) is 0 Å². The van der Waals surface area contributed by atoms with E-state index < -0.39 is 0 Å². The van der Waals surface area contributed by atoms with Gasteiger partial charge in [0.2, 0.25) is 0 Å². The van der Waals surface area contributed by atoms with Gasteiger partial charge >= 0.3 is 0 Å². The van der Waals surface area contributed by atoms with Crippen molar-refractivity contribution in [2.75, 3.05) is 13.1 Å². The van der Waals surface area contributed by atoms with Gasteiger partial charge in [0.15, 0.2) is 7.98 Å². The van der Waals surface area contributed by atoms with Gasteiger partial charge in [-0.3, -0.25) is 0 Å². The van der Waals surface area contributed by atoms with Crippen LogP contribution in [0.3, 0.4) is 0 Å². The van der Waals surface area contributed by atoms with E-state index >= 15 is 0 Å². The highest BCUT2D eigenvalue weighted by atomic mass is 15.0. The minimum absolute atomic E-state index is 0.793. The Morgan fingerprint density at radius 3 is 2.23 bits per heavy atom. The topological polar surface area (TPSA) is 3.24 Å². The molecule has 2 rings (SSSR count). The van der Waals surface area contributed by atoms with Crippen LogP contribution in [-0.4, -0.2) is 25.9 Å². The van der Waals surface area contributed by atoms with Crippen molar-refractivity contribution in [1.29, 1.82) is 0 Å². The third-order valence-corrected chi connectivity index (χ3v) is 4.38. The number of hydrogen-bond donors (Lipinski definition) is 0. The number of nitrogens with zero attached hydrogens (tertiary/aromatic N) is 1. The molecule has 1 saturated heterocycles. The van der Waals surface area contributed by atoms with Crippen LogP contribution in [0.4, 0.5) is 0 Å². The molecule has 0 radical (unpaired) electrons. The fraction of sp³-hybridized carbons (Fsp3) is 1.00. The van der Waals surface area contributed by atoms with Crippen LogP contribution in [0.25, 0.3) is 0 Å². The largest absolute Gasteiger partial charge is 0.349 e. The molecule has 0 aromatic carbocycles. The van der Waals surface area contributed by atoms with E-state index in [-0.39, 0.29) is 0 Å². The van der Waals surface area contributed by atoms with Crippen LogP contribution < -0.4 is 0 Å². The van der Waals surface area contributed by atoms with Crippen molar-refractivity contribution in [2.24, 2.45) is 17.3 Å². The van der Waals surface area contributed by atoms with Crippen molar-refractivity contribution < 1.29 is 0 Å². The zero-order valence-electron chi connectivity index (χ0n) is 9.34. The lowest BCUT2D eigenvalue weighted by atomic mass is 9.55. The van der Waals surface area contributed by atoms with Gasteiger partial charge in [-0.25, -0.2) is 0 Å². The molecule has 0 aromatic heterocycles. The molecule has 13 heavy (non-hydrogen) atoms.